The Hall–Kier alpha value is -1.35. The van der Waals surface area contributed by atoms with Crippen LogP contribution in [0.25, 0.3) is 0 Å². The smallest absolute Gasteiger partial charge is 0.317 e. The lowest BCUT2D eigenvalue weighted by Gasteiger charge is -2.35. The van der Waals surface area contributed by atoms with Gasteiger partial charge in [0, 0.05) is 5.54 Å². The van der Waals surface area contributed by atoms with Gasteiger partial charge in [-0.1, -0.05) is 37.3 Å². The van der Waals surface area contributed by atoms with Gasteiger partial charge >= 0.3 is 5.97 Å². The first-order chi connectivity index (χ1) is 8.80. The van der Waals surface area contributed by atoms with Gasteiger partial charge < -0.3 is 5.11 Å². The lowest BCUT2D eigenvalue weighted by molar-refractivity contribution is -0.139. The number of benzene rings is 1. The van der Waals surface area contributed by atoms with Crippen molar-refractivity contribution in [3.63, 3.8) is 0 Å². The van der Waals surface area contributed by atoms with Crippen molar-refractivity contribution in [2.45, 2.75) is 45.6 Å². The van der Waals surface area contributed by atoms with Crippen molar-refractivity contribution < 1.29 is 9.90 Å². The van der Waals surface area contributed by atoms with Crippen molar-refractivity contribution in [2.75, 3.05) is 13.1 Å². The molecule has 106 valence electrons. The average Bonchev–Trinajstić information content (AvgIpc) is 2.33. The van der Waals surface area contributed by atoms with Gasteiger partial charge in [0.15, 0.2) is 0 Å². The van der Waals surface area contributed by atoms with E-state index in [1.165, 1.54) is 5.56 Å². The first-order valence-electron chi connectivity index (χ1n) is 6.82. The maximum atomic E-state index is 10.9. The number of carboxylic acids is 1. The van der Waals surface area contributed by atoms with Crippen LogP contribution in [0.2, 0.25) is 0 Å². The molecule has 0 aliphatic carbocycles. The number of carbonyl (C=O) groups is 1. The summed E-state index contributed by atoms with van der Waals surface area (Å²) in [6.07, 6.45) is 0.967. The van der Waals surface area contributed by atoms with E-state index in [0.717, 1.165) is 13.0 Å². The zero-order chi connectivity index (χ0) is 14.5. The molecule has 0 bridgehead atoms. The van der Waals surface area contributed by atoms with E-state index in [-0.39, 0.29) is 12.1 Å². The molecule has 0 aliphatic rings. The summed E-state index contributed by atoms with van der Waals surface area (Å²) in [4.78, 5) is 13.0. The number of hydrogen-bond donors (Lipinski definition) is 1. The molecular formula is C16H25NO2. The van der Waals surface area contributed by atoms with Crippen LogP contribution in [-0.4, -0.2) is 34.6 Å². The fourth-order valence-electron chi connectivity index (χ4n) is 2.11. The van der Waals surface area contributed by atoms with E-state index >= 15 is 0 Å². The van der Waals surface area contributed by atoms with Crippen molar-refractivity contribution >= 4 is 5.97 Å². The van der Waals surface area contributed by atoms with Crippen LogP contribution in [0.1, 0.15) is 45.6 Å². The highest BCUT2D eigenvalue weighted by molar-refractivity contribution is 5.69. The largest absolute Gasteiger partial charge is 0.480 e. The van der Waals surface area contributed by atoms with Crippen LogP contribution in [0.4, 0.5) is 0 Å². The SMILES string of the molecule is CC(CCN(CC(=O)O)C(C)(C)C)c1ccccc1. The molecule has 1 unspecified atom stereocenters. The molecule has 0 amide bonds. The molecule has 0 spiro atoms. The molecule has 1 aromatic carbocycles. The molecule has 0 heterocycles. The average molecular weight is 263 g/mol. The summed E-state index contributed by atoms with van der Waals surface area (Å²) in [6.45, 7) is 9.27. The van der Waals surface area contributed by atoms with Gasteiger partial charge in [-0.25, -0.2) is 0 Å². The van der Waals surface area contributed by atoms with Gasteiger partial charge in [-0.15, -0.1) is 0 Å². The van der Waals surface area contributed by atoms with Crippen molar-refractivity contribution in [3.8, 4) is 0 Å². The van der Waals surface area contributed by atoms with Crippen LogP contribution in [0.5, 0.6) is 0 Å². The number of nitrogens with zero attached hydrogens (tertiary/aromatic N) is 1. The minimum absolute atomic E-state index is 0.102. The summed E-state index contributed by atoms with van der Waals surface area (Å²) in [7, 11) is 0. The normalized spacial score (nSPS) is 13.5. The Morgan fingerprint density at radius 1 is 1.26 bits per heavy atom. The third kappa shape index (κ3) is 5.43. The Morgan fingerprint density at radius 2 is 1.84 bits per heavy atom. The van der Waals surface area contributed by atoms with E-state index in [2.05, 4.69) is 39.8 Å². The van der Waals surface area contributed by atoms with Crippen molar-refractivity contribution in [1.82, 2.24) is 4.90 Å². The zero-order valence-corrected chi connectivity index (χ0v) is 12.4. The number of aliphatic carboxylic acids is 1. The second-order valence-electron chi connectivity index (χ2n) is 6.09. The topological polar surface area (TPSA) is 40.5 Å². The van der Waals surface area contributed by atoms with E-state index in [1.54, 1.807) is 0 Å². The summed E-state index contributed by atoms with van der Waals surface area (Å²) >= 11 is 0. The third-order valence-electron chi connectivity index (χ3n) is 3.48. The predicted octanol–water partition coefficient (Wildman–Crippen LogP) is 3.37. The molecule has 1 rings (SSSR count). The first-order valence-corrected chi connectivity index (χ1v) is 6.82. The van der Waals surface area contributed by atoms with Crippen LogP contribution in [-0.2, 0) is 4.79 Å². The molecule has 0 saturated heterocycles. The molecule has 1 aromatic rings. The third-order valence-corrected chi connectivity index (χ3v) is 3.48. The van der Waals surface area contributed by atoms with Crippen LogP contribution < -0.4 is 0 Å². The standard InChI is InChI=1S/C16H25NO2/c1-13(14-8-6-5-7-9-14)10-11-17(12-15(18)19)16(2,3)4/h5-9,13H,10-12H2,1-4H3,(H,18,19). The van der Waals surface area contributed by atoms with Crippen LogP contribution in [0, 0.1) is 0 Å². The summed E-state index contributed by atoms with van der Waals surface area (Å²) in [6, 6.07) is 10.4. The number of hydrogen-bond acceptors (Lipinski definition) is 2. The van der Waals surface area contributed by atoms with E-state index in [9.17, 15) is 4.79 Å². The Labute approximate surface area is 116 Å². The predicted molar refractivity (Wildman–Crippen MR) is 78.4 cm³/mol. The molecule has 0 radical (unpaired) electrons. The maximum Gasteiger partial charge on any atom is 0.317 e. The van der Waals surface area contributed by atoms with Crippen molar-refractivity contribution in [1.29, 1.82) is 0 Å². The summed E-state index contributed by atoms with van der Waals surface area (Å²) < 4.78 is 0. The zero-order valence-electron chi connectivity index (χ0n) is 12.4. The highest BCUT2D eigenvalue weighted by atomic mass is 16.4. The quantitative estimate of drug-likeness (QED) is 0.855. The summed E-state index contributed by atoms with van der Waals surface area (Å²) in [5.41, 5.74) is 1.20. The Kier molecular flexibility index (Phi) is 5.55. The molecule has 1 N–H and O–H groups in total. The molecule has 1 atom stereocenters. The second-order valence-corrected chi connectivity index (χ2v) is 6.09. The van der Waals surface area contributed by atoms with Crippen molar-refractivity contribution in [3.05, 3.63) is 35.9 Å². The van der Waals surface area contributed by atoms with Gasteiger partial charge in [0.05, 0.1) is 6.54 Å². The minimum atomic E-state index is -0.762. The van der Waals surface area contributed by atoms with Gasteiger partial charge in [0.1, 0.15) is 0 Å². The fourth-order valence-corrected chi connectivity index (χ4v) is 2.11. The molecule has 0 fully saturated rings. The molecule has 3 nitrogen and oxygen atoms in total. The van der Waals surface area contributed by atoms with Gasteiger partial charge in [0.2, 0.25) is 0 Å². The summed E-state index contributed by atoms with van der Waals surface area (Å²) in [5.74, 6) is -0.317. The lowest BCUT2D eigenvalue weighted by atomic mass is 9.96. The van der Waals surface area contributed by atoms with Gasteiger partial charge in [-0.05, 0) is 45.2 Å². The monoisotopic (exact) mass is 263 g/mol. The van der Waals surface area contributed by atoms with E-state index in [4.69, 9.17) is 5.11 Å². The second kappa shape index (κ2) is 6.71. The highest BCUT2D eigenvalue weighted by Gasteiger charge is 2.23. The molecular weight excluding hydrogens is 238 g/mol. The van der Waals surface area contributed by atoms with Crippen LogP contribution in [0.3, 0.4) is 0 Å². The molecule has 3 heteroatoms. The molecule has 0 aliphatic heterocycles. The van der Waals surface area contributed by atoms with Gasteiger partial charge in [-0.2, -0.15) is 0 Å². The fraction of sp³-hybridized carbons (Fsp3) is 0.562. The molecule has 0 aromatic heterocycles. The minimum Gasteiger partial charge on any atom is -0.480 e. The lowest BCUT2D eigenvalue weighted by Crippen LogP contribution is -2.45. The van der Waals surface area contributed by atoms with Crippen LogP contribution >= 0.6 is 0 Å². The molecule has 0 saturated carbocycles. The van der Waals surface area contributed by atoms with Crippen LogP contribution in [0.15, 0.2) is 30.3 Å². The first kappa shape index (κ1) is 15.7. The number of rotatable bonds is 6. The number of carboxylic acid groups (broad SMARTS) is 1. The van der Waals surface area contributed by atoms with E-state index < -0.39 is 5.97 Å². The Morgan fingerprint density at radius 3 is 2.32 bits per heavy atom. The van der Waals surface area contributed by atoms with Gasteiger partial charge in [-0.3, -0.25) is 9.69 Å². The highest BCUT2D eigenvalue weighted by Crippen LogP contribution is 2.21. The van der Waals surface area contributed by atoms with Crippen molar-refractivity contribution in [2.24, 2.45) is 0 Å². The Balaban J connectivity index is 2.59. The maximum absolute atomic E-state index is 10.9. The Bertz CT molecular complexity index is 395. The van der Waals surface area contributed by atoms with Gasteiger partial charge in [0.25, 0.3) is 0 Å². The van der Waals surface area contributed by atoms with E-state index in [0.29, 0.717) is 5.92 Å². The molecule has 19 heavy (non-hydrogen) atoms. The van der Waals surface area contributed by atoms with E-state index in [1.807, 2.05) is 23.1 Å². The summed E-state index contributed by atoms with van der Waals surface area (Å²) in [5, 5.41) is 8.99.